The molecule has 0 aliphatic carbocycles. The molecule has 80 heavy (non-hydrogen) atoms. The van der Waals surface area contributed by atoms with E-state index in [1.807, 2.05) is 0 Å². The van der Waals surface area contributed by atoms with Crippen LogP contribution >= 0.6 is 0 Å². The molecule has 0 bridgehead atoms. The van der Waals surface area contributed by atoms with Crippen LogP contribution in [0.2, 0.25) is 0 Å². The summed E-state index contributed by atoms with van der Waals surface area (Å²) in [6.45, 7) is 6.47. The Labute approximate surface area is 494 Å². The largest absolute Gasteiger partial charge is 0.462 e. The molecule has 0 saturated carbocycles. The molecular weight excluding hydrogens is 985 g/mol. The Balaban J connectivity index is 4.14. The van der Waals surface area contributed by atoms with E-state index in [0.717, 1.165) is 135 Å². The lowest BCUT2D eigenvalue weighted by Gasteiger charge is -2.18. The third kappa shape index (κ3) is 64.6. The van der Waals surface area contributed by atoms with Gasteiger partial charge in [-0.05, 0) is 96.3 Å². The first kappa shape index (κ1) is 75.8. The van der Waals surface area contributed by atoms with Gasteiger partial charge in [-0.15, -0.1) is 0 Å². The predicted molar refractivity (Wildman–Crippen MR) is 348 cm³/mol. The number of hydrogen-bond donors (Lipinski definition) is 0. The molecule has 6 heteroatoms. The molecule has 0 aromatic heterocycles. The molecule has 456 valence electrons. The minimum atomic E-state index is -0.786. The van der Waals surface area contributed by atoms with Gasteiger partial charge in [-0.3, -0.25) is 14.4 Å². The van der Waals surface area contributed by atoms with Crippen molar-refractivity contribution in [3.8, 4) is 0 Å². The Morgan fingerprint density at radius 2 is 0.487 bits per heavy atom. The highest BCUT2D eigenvalue weighted by molar-refractivity contribution is 5.71. The molecule has 0 aliphatic heterocycles. The minimum Gasteiger partial charge on any atom is -0.462 e. The lowest BCUT2D eigenvalue weighted by atomic mass is 10.0. The Kier molecular flexibility index (Phi) is 63.8. The Morgan fingerprint density at radius 1 is 0.263 bits per heavy atom. The lowest BCUT2D eigenvalue weighted by molar-refractivity contribution is -0.167. The molecule has 0 aromatic rings. The SMILES string of the molecule is CC/C=C\C/C=C\C/C=C\C/C=C\C/C=C\C/C=C\C/C=C\C/C=C\C/C=C\C/C=C\CCCCCCC(=O)OCC(COC(=O)CCCCCCCC)OC(=O)CCCCCCCCCCCCCCCCCCCCCCC. The smallest absolute Gasteiger partial charge is 0.306 e. The number of ether oxygens (including phenoxy) is 3. The van der Waals surface area contributed by atoms with Crippen LogP contribution in [0.5, 0.6) is 0 Å². The van der Waals surface area contributed by atoms with Crippen molar-refractivity contribution in [1.29, 1.82) is 0 Å². The normalized spacial score (nSPS) is 12.9. The van der Waals surface area contributed by atoms with Crippen molar-refractivity contribution in [3.63, 3.8) is 0 Å². The number of unbranched alkanes of at least 4 members (excludes halogenated alkanes) is 29. The first-order valence-corrected chi connectivity index (χ1v) is 33.5. The van der Waals surface area contributed by atoms with Gasteiger partial charge < -0.3 is 14.2 Å². The molecule has 1 unspecified atom stereocenters. The summed E-state index contributed by atoms with van der Waals surface area (Å²) in [4.78, 5) is 38.0. The molecule has 0 aromatic carbocycles. The van der Waals surface area contributed by atoms with E-state index >= 15 is 0 Å². The summed E-state index contributed by atoms with van der Waals surface area (Å²) >= 11 is 0. The second-order valence-electron chi connectivity index (χ2n) is 22.0. The summed E-state index contributed by atoms with van der Waals surface area (Å²) in [6, 6.07) is 0. The fraction of sp³-hybridized carbons (Fsp3) is 0.689. The fourth-order valence-electron chi connectivity index (χ4n) is 9.24. The second-order valence-corrected chi connectivity index (χ2v) is 22.0. The number of hydrogen-bond acceptors (Lipinski definition) is 6. The van der Waals surface area contributed by atoms with Crippen LogP contribution < -0.4 is 0 Å². The van der Waals surface area contributed by atoms with E-state index in [1.165, 1.54) is 135 Å². The summed E-state index contributed by atoms with van der Waals surface area (Å²) in [5.41, 5.74) is 0. The van der Waals surface area contributed by atoms with Crippen molar-refractivity contribution in [2.45, 2.75) is 316 Å². The van der Waals surface area contributed by atoms with Crippen LogP contribution in [0.4, 0.5) is 0 Å². The van der Waals surface area contributed by atoms with E-state index in [1.54, 1.807) is 0 Å². The molecule has 0 rings (SSSR count). The maximum Gasteiger partial charge on any atom is 0.306 e. The van der Waals surface area contributed by atoms with Gasteiger partial charge in [0, 0.05) is 19.3 Å². The highest BCUT2D eigenvalue weighted by atomic mass is 16.6. The monoisotopic (exact) mass is 1110 g/mol. The van der Waals surface area contributed by atoms with Crippen LogP contribution in [0.1, 0.15) is 310 Å². The molecular formula is C74H124O6. The van der Waals surface area contributed by atoms with Crippen LogP contribution in [0.25, 0.3) is 0 Å². The van der Waals surface area contributed by atoms with Gasteiger partial charge >= 0.3 is 17.9 Å². The van der Waals surface area contributed by atoms with E-state index < -0.39 is 6.10 Å². The standard InChI is InChI=1S/C74H124O6/c1-4-7-10-13-16-18-20-22-24-26-28-30-31-32-33-34-35-36-37-38-39-40-41-42-43-45-46-48-50-52-54-56-58-61-64-67-73(76)79-70-71(69-78-72(75)66-63-60-15-12-9-6-3)80-74(77)68-65-62-59-57-55-53-51-49-47-44-29-27-25-23-21-19-17-14-11-8-5-2/h7,10,16,18,22,24,28,30,32-33,35-36,38-39,41-42,45-46,50,52,71H,4-6,8-9,11-15,17,19-21,23,25-27,29,31,34,37,40,43-44,47-49,51,53-70H2,1-3H3/b10-7-,18-16-,24-22-,30-28-,33-32-,36-35-,39-38-,42-41-,46-45-,52-50-. The number of carbonyl (C=O) groups excluding carboxylic acids is 3. The van der Waals surface area contributed by atoms with Crippen molar-refractivity contribution in [2.75, 3.05) is 13.2 Å². The predicted octanol–water partition coefficient (Wildman–Crippen LogP) is 23.2. The minimum absolute atomic E-state index is 0.0848. The molecule has 0 radical (unpaired) electrons. The molecule has 1 atom stereocenters. The van der Waals surface area contributed by atoms with Gasteiger partial charge in [0.1, 0.15) is 13.2 Å². The van der Waals surface area contributed by atoms with Gasteiger partial charge in [-0.25, -0.2) is 0 Å². The number of carbonyl (C=O) groups is 3. The number of esters is 3. The molecule has 0 N–H and O–H groups in total. The lowest BCUT2D eigenvalue weighted by Crippen LogP contribution is -2.30. The zero-order chi connectivity index (χ0) is 57.8. The van der Waals surface area contributed by atoms with Crippen molar-refractivity contribution < 1.29 is 28.6 Å². The molecule has 0 spiro atoms. The van der Waals surface area contributed by atoms with Crippen LogP contribution in [0.15, 0.2) is 122 Å². The first-order valence-electron chi connectivity index (χ1n) is 33.5. The van der Waals surface area contributed by atoms with Gasteiger partial charge in [0.2, 0.25) is 0 Å². The first-order chi connectivity index (χ1) is 39.5. The Bertz CT molecular complexity index is 1650. The van der Waals surface area contributed by atoms with E-state index in [0.29, 0.717) is 19.3 Å². The molecule has 0 fully saturated rings. The Hall–Kier alpha value is -4.19. The summed E-state index contributed by atoms with van der Waals surface area (Å²) in [6.07, 6.45) is 93.9. The third-order valence-corrected chi connectivity index (χ3v) is 14.2. The topological polar surface area (TPSA) is 78.9 Å². The zero-order valence-corrected chi connectivity index (χ0v) is 52.3. The highest BCUT2D eigenvalue weighted by Crippen LogP contribution is 2.17. The maximum atomic E-state index is 12.9. The average molecular weight is 1110 g/mol. The number of allylic oxidation sites excluding steroid dienone is 20. The third-order valence-electron chi connectivity index (χ3n) is 14.2. The van der Waals surface area contributed by atoms with Crippen molar-refractivity contribution in [1.82, 2.24) is 0 Å². The van der Waals surface area contributed by atoms with Crippen LogP contribution in [-0.2, 0) is 28.6 Å². The molecule has 0 aliphatic rings. The van der Waals surface area contributed by atoms with E-state index in [-0.39, 0.29) is 31.1 Å². The molecule has 0 saturated heterocycles. The summed E-state index contributed by atoms with van der Waals surface area (Å²) in [5.74, 6) is -0.912. The van der Waals surface area contributed by atoms with Crippen molar-refractivity contribution in [3.05, 3.63) is 122 Å². The molecule has 0 amide bonds. The maximum absolute atomic E-state index is 12.9. The number of rotatable bonds is 60. The zero-order valence-electron chi connectivity index (χ0n) is 52.3. The summed E-state index contributed by atoms with van der Waals surface area (Å²) < 4.78 is 16.8. The average Bonchev–Trinajstić information content (AvgIpc) is 3.46. The quantitative estimate of drug-likeness (QED) is 0.0261. The molecule has 0 heterocycles. The van der Waals surface area contributed by atoms with Crippen LogP contribution in [0, 0.1) is 0 Å². The Morgan fingerprint density at radius 3 is 0.762 bits per heavy atom. The molecule has 6 nitrogen and oxygen atoms in total. The van der Waals surface area contributed by atoms with Crippen LogP contribution in [-0.4, -0.2) is 37.2 Å². The van der Waals surface area contributed by atoms with E-state index in [4.69, 9.17) is 14.2 Å². The fourth-order valence-corrected chi connectivity index (χ4v) is 9.24. The highest BCUT2D eigenvalue weighted by Gasteiger charge is 2.19. The van der Waals surface area contributed by atoms with E-state index in [9.17, 15) is 14.4 Å². The van der Waals surface area contributed by atoms with Crippen molar-refractivity contribution >= 4 is 17.9 Å². The van der Waals surface area contributed by atoms with Crippen molar-refractivity contribution in [2.24, 2.45) is 0 Å². The summed E-state index contributed by atoms with van der Waals surface area (Å²) in [5, 5.41) is 0. The van der Waals surface area contributed by atoms with Gasteiger partial charge in [-0.1, -0.05) is 316 Å². The van der Waals surface area contributed by atoms with E-state index in [2.05, 4.69) is 142 Å². The van der Waals surface area contributed by atoms with Crippen LogP contribution in [0.3, 0.4) is 0 Å². The van der Waals surface area contributed by atoms with Gasteiger partial charge in [0.05, 0.1) is 0 Å². The van der Waals surface area contributed by atoms with Gasteiger partial charge in [-0.2, -0.15) is 0 Å². The van der Waals surface area contributed by atoms with Gasteiger partial charge in [0.25, 0.3) is 0 Å². The second kappa shape index (κ2) is 67.3. The summed E-state index contributed by atoms with van der Waals surface area (Å²) in [7, 11) is 0. The van der Waals surface area contributed by atoms with Gasteiger partial charge in [0.15, 0.2) is 6.10 Å².